The molecule has 86 valence electrons. The summed E-state index contributed by atoms with van der Waals surface area (Å²) in [7, 11) is 0. The maximum atomic E-state index is 11.7. The summed E-state index contributed by atoms with van der Waals surface area (Å²) in [5.41, 5.74) is 0. The van der Waals surface area contributed by atoms with Crippen LogP contribution in [0.1, 0.15) is 30.7 Å². The SMILES string of the molecule is CCC(c1cccs1)N1CCC(=O)NC1=O. The quantitative estimate of drug-likeness (QED) is 0.877. The molecule has 1 N–H and O–H groups in total. The molecule has 0 bridgehead atoms. The van der Waals surface area contributed by atoms with Crippen molar-refractivity contribution in [2.24, 2.45) is 0 Å². The van der Waals surface area contributed by atoms with Crippen molar-refractivity contribution in [3.8, 4) is 0 Å². The predicted molar refractivity (Wildman–Crippen MR) is 62.2 cm³/mol. The first kappa shape index (κ1) is 11.1. The van der Waals surface area contributed by atoms with Gasteiger partial charge in [-0.1, -0.05) is 13.0 Å². The second-order valence-corrected chi connectivity index (χ2v) is 4.72. The molecule has 16 heavy (non-hydrogen) atoms. The number of carbonyl (C=O) groups excluding carboxylic acids is 2. The Bertz CT molecular complexity index is 389. The Morgan fingerprint density at radius 3 is 2.94 bits per heavy atom. The molecule has 1 aliphatic heterocycles. The molecule has 1 aliphatic rings. The fraction of sp³-hybridized carbons (Fsp3) is 0.455. The number of carbonyl (C=O) groups is 2. The van der Waals surface area contributed by atoms with E-state index < -0.39 is 0 Å². The van der Waals surface area contributed by atoms with Crippen molar-refractivity contribution in [3.63, 3.8) is 0 Å². The molecule has 3 amide bonds. The third kappa shape index (κ3) is 2.09. The highest BCUT2D eigenvalue weighted by Crippen LogP contribution is 2.28. The van der Waals surface area contributed by atoms with Crippen molar-refractivity contribution in [3.05, 3.63) is 22.4 Å². The summed E-state index contributed by atoms with van der Waals surface area (Å²) in [6.07, 6.45) is 1.26. The summed E-state index contributed by atoms with van der Waals surface area (Å²) in [4.78, 5) is 25.7. The maximum Gasteiger partial charge on any atom is 0.324 e. The highest BCUT2D eigenvalue weighted by Gasteiger charge is 2.29. The molecule has 4 nitrogen and oxygen atoms in total. The standard InChI is InChI=1S/C11H14N2O2S/c1-2-8(9-4-3-7-16-9)13-6-5-10(14)12-11(13)15/h3-4,7-8H,2,5-6H2,1H3,(H,12,14,15). The molecule has 1 unspecified atom stereocenters. The average Bonchev–Trinajstić information content (AvgIpc) is 2.75. The highest BCUT2D eigenvalue weighted by atomic mass is 32.1. The van der Waals surface area contributed by atoms with Crippen LogP contribution in [0, 0.1) is 0 Å². The van der Waals surface area contributed by atoms with Crippen LogP contribution < -0.4 is 5.32 Å². The third-order valence-electron chi connectivity index (χ3n) is 2.72. The van der Waals surface area contributed by atoms with Gasteiger partial charge in [0.25, 0.3) is 0 Å². The molecule has 1 saturated heterocycles. The van der Waals surface area contributed by atoms with Gasteiger partial charge in [-0.05, 0) is 17.9 Å². The van der Waals surface area contributed by atoms with Gasteiger partial charge in [0, 0.05) is 17.8 Å². The summed E-state index contributed by atoms with van der Waals surface area (Å²) >= 11 is 1.65. The van der Waals surface area contributed by atoms with E-state index in [2.05, 4.69) is 5.32 Å². The summed E-state index contributed by atoms with van der Waals surface area (Å²) in [5.74, 6) is -0.178. The van der Waals surface area contributed by atoms with Crippen LogP contribution in [-0.4, -0.2) is 23.4 Å². The summed E-state index contributed by atoms with van der Waals surface area (Å²) < 4.78 is 0. The lowest BCUT2D eigenvalue weighted by Crippen LogP contribution is -2.50. The Hall–Kier alpha value is -1.36. The highest BCUT2D eigenvalue weighted by molar-refractivity contribution is 7.10. The zero-order valence-corrected chi connectivity index (χ0v) is 9.92. The van der Waals surface area contributed by atoms with Crippen molar-refractivity contribution in [2.75, 3.05) is 6.54 Å². The van der Waals surface area contributed by atoms with E-state index in [1.54, 1.807) is 16.2 Å². The van der Waals surface area contributed by atoms with Crippen molar-refractivity contribution in [1.82, 2.24) is 10.2 Å². The average molecular weight is 238 g/mol. The molecule has 5 heteroatoms. The third-order valence-corrected chi connectivity index (χ3v) is 3.70. The number of hydrogen-bond donors (Lipinski definition) is 1. The Morgan fingerprint density at radius 2 is 2.38 bits per heavy atom. The Labute approximate surface area is 98.3 Å². The van der Waals surface area contributed by atoms with Crippen LogP contribution in [0.3, 0.4) is 0 Å². The normalized spacial score (nSPS) is 18.4. The smallest absolute Gasteiger partial charge is 0.316 e. The van der Waals surface area contributed by atoms with Crippen LogP contribution in [0.15, 0.2) is 17.5 Å². The number of imide groups is 1. The Kier molecular flexibility index (Phi) is 3.24. The van der Waals surface area contributed by atoms with E-state index in [1.807, 2.05) is 24.4 Å². The first-order valence-corrected chi connectivity index (χ1v) is 6.24. The van der Waals surface area contributed by atoms with Crippen LogP contribution in [0.5, 0.6) is 0 Å². The molecule has 2 rings (SSSR count). The number of nitrogens with one attached hydrogen (secondary N) is 1. The van der Waals surface area contributed by atoms with Crippen LogP contribution in [-0.2, 0) is 4.79 Å². The van der Waals surface area contributed by atoms with E-state index in [9.17, 15) is 9.59 Å². The number of amides is 3. The molecule has 1 fully saturated rings. The molecule has 1 atom stereocenters. The molecular weight excluding hydrogens is 224 g/mol. The van der Waals surface area contributed by atoms with Crippen molar-refractivity contribution >= 4 is 23.3 Å². The fourth-order valence-electron chi connectivity index (χ4n) is 1.93. The van der Waals surface area contributed by atoms with E-state index in [1.165, 1.54) is 4.88 Å². The van der Waals surface area contributed by atoms with Crippen LogP contribution in [0.2, 0.25) is 0 Å². The minimum atomic E-state index is -0.267. The second kappa shape index (κ2) is 4.65. The van der Waals surface area contributed by atoms with E-state index in [0.717, 1.165) is 6.42 Å². The van der Waals surface area contributed by atoms with Gasteiger partial charge in [-0.15, -0.1) is 11.3 Å². The number of hydrogen-bond acceptors (Lipinski definition) is 3. The summed E-state index contributed by atoms with van der Waals surface area (Å²) in [6.45, 7) is 2.56. The fourth-order valence-corrected chi connectivity index (χ4v) is 2.85. The number of thiophene rings is 1. The maximum absolute atomic E-state index is 11.7. The van der Waals surface area contributed by atoms with Gasteiger partial charge >= 0.3 is 6.03 Å². The second-order valence-electron chi connectivity index (χ2n) is 3.74. The monoisotopic (exact) mass is 238 g/mol. The molecule has 0 radical (unpaired) electrons. The lowest BCUT2D eigenvalue weighted by atomic mass is 10.1. The number of nitrogens with zero attached hydrogens (tertiary/aromatic N) is 1. The van der Waals surface area contributed by atoms with Gasteiger partial charge in [-0.2, -0.15) is 0 Å². The number of rotatable bonds is 3. The van der Waals surface area contributed by atoms with Crippen LogP contribution in [0.4, 0.5) is 4.79 Å². The first-order valence-electron chi connectivity index (χ1n) is 5.36. The Balaban J connectivity index is 2.16. The zero-order chi connectivity index (χ0) is 11.5. The minimum Gasteiger partial charge on any atom is -0.316 e. The van der Waals surface area contributed by atoms with Gasteiger partial charge in [0.2, 0.25) is 5.91 Å². The molecule has 2 heterocycles. The van der Waals surface area contributed by atoms with Gasteiger partial charge in [0.1, 0.15) is 0 Å². The number of urea groups is 1. The lowest BCUT2D eigenvalue weighted by Gasteiger charge is -2.33. The van der Waals surface area contributed by atoms with Crippen molar-refractivity contribution in [1.29, 1.82) is 0 Å². The van der Waals surface area contributed by atoms with E-state index in [-0.39, 0.29) is 18.0 Å². The molecule has 0 saturated carbocycles. The minimum absolute atomic E-state index is 0.0908. The van der Waals surface area contributed by atoms with Gasteiger partial charge in [-0.25, -0.2) is 4.79 Å². The Morgan fingerprint density at radius 1 is 1.56 bits per heavy atom. The largest absolute Gasteiger partial charge is 0.324 e. The van der Waals surface area contributed by atoms with Gasteiger partial charge in [-0.3, -0.25) is 10.1 Å². The molecule has 1 aromatic rings. The van der Waals surface area contributed by atoms with Crippen molar-refractivity contribution < 1.29 is 9.59 Å². The van der Waals surface area contributed by atoms with Crippen LogP contribution >= 0.6 is 11.3 Å². The molecule has 0 spiro atoms. The van der Waals surface area contributed by atoms with Gasteiger partial charge < -0.3 is 4.90 Å². The summed E-state index contributed by atoms with van der Waals surface area (Å²) in [5, 5.41) is 4.36. The molecule has 1 aromatic heterocycles. The lowest BCUT2D eigenvalue weighted by molar-refractivity contribution is -0.121. The molecule has 0 aliphatic carbocycles. The topological polar surface area (TPSA) is 49.4 Å². The first-order chi connectivity index (χ1) is 7.72. The van der Waals surface area contributed by atoms with E-state index in [0.29, 0.717) is 13.0 Å². The van der Waals surface area contributed by atoms with E-state index >= 15 is 0 Å². The van der Waals surface area contributed by atoms with Gasteiger partial charge in [0.05, 0.1) is 6.04 Å². The van der Waals surface area contributed by atoms with E-state index in [4.69, 9.17) is 0 Å². The molecule has 0 aromatic carbocycles. The predicted octanol–water partition coefficient (Wildman–Crippen LogP) is 2.14. The van der Waals surface area contributed by atoms with Crippen molar-refractivity contribution in [2.45, 2.75) is 25.8 Å². The van der Waals surface area contributed by atoms with Gasteiger partial charge in [0.15, 0.2) is 0 Å². The van der Waals surface area contributed by atoms with Crippen LogP contribution in [0.25, 0.3) is 0 Å². The molecular formula is C11H14N2O2S. The summed E-state index contributed by atoms with van der Waals surface area (Å²) in [6, 6.07) is 3.84. The zero-order valence-electron chi connectivity index (χ0n) is 9.10.